The van der Waals surface area contributed by atoms with Gasteiger partial charge in [0.1, 0.15) is 0 Å². The number of nitrogens with two attached hydrogens (primary N) is 1. The molecule has 2 heterocycles. The van der Waals surface area contributed by atoms with Crippen molar-refractivity contribution < 1.29 is 0 Å². The summed E-state index contributed by atoms with van der Waals surface area (Å²) in [6.45, 7) is 2.10. The zero-order valence-electron chi connectivity index (χ0n) is 10.7. The third kappa shape index (κ3) is 2.32. The first-order valence-corrected chi connectivity index (χ1v) is 7.03. The fraction of sp³-hybridized carbons (Fsp3) is 0.133. The number of aryl methyl sites for hydroxylation is 1. The molecule has 0 saturated carbocycles. The van der Waals surface area contributed by atoms with E-state index in [-0.39, 0.29) is 6.04 Å². The molecular weight excluding hydrogens is 254 g/mol. The molecule has 0 bridgehead atoms. The maximum absolute atomic E-state index is 6.31. The lowest BCUT2D eigenvalue weighted by Gasteiger charge is -2.08. The van der Waals surface area contributed by atoms with E-state index in [0.29, 0.717) is 0 Å². The van der Waals surface area contributed by atoms with Crippen molar-refractivity contribution >= 4 is 11.3 Å². The van der Waals surface area contributed by atoms with Gasteiger partial charge in [0.15, 0.2) is 0 Å². The Labute approximate surface area is 116 Å². The van der Waals surface area contributed by atoms with Crippen LogP contribution in [0.1, 0.15) is 22.0 Å². The van der Waals surface area contributed by atoms with Gasteiger partial charge < -0.3 is 5.73 Å². The molecule has 19 heavy (non-hydrogen) atoms. The first kappa shape index (κ1) is 12.1. The summed E-state index contributed by atoms with van der Waals surface area (Å²) in [6.07, 6.45) is 3.84. The van der Waals surface area contributed by atoms with Gasteiger partial charge in [-0.1, -0.05) is 18.2 Å². The van der Waals surface area contributed by atoms with Crippen LogP contribution in [0.2, 0.25) is 0 Å². The van der Waals surface area contributed by atoms with E-state index < -0.39 is 0 Å². The van der Waals surface area contributed by atoms with Crippen LogP contribution in [0.4, 0.5) is 0 Å². The van der Waals surface area contributed by atoms with Crippen LogP contribution >= 0.6 is 11.3 Å². The van der Waals surface area contributed by atoms with Crippen LogP contribution in [-0.4, -0.2) is 9.78 Å². The third-order valence-corrected chi connectivity index (χ3v) is 4.08. The van der Waals surface area contributed by atoms with Crippen LogP contribution in [0.3, 0.4) is 0 Å². The highest BCUT2D eigenvalue weighted by molar-refractivity contribution is 7.10. The van der Waals surface area contributed by atoms with Crippen LogP contribution < -0.4 is 5.73 Å². The predicted molar refractivity (Wildman–Crippen MR) is 78.7 cm³/mol. The van der Waals surface area contributed by atoms with Gasteiger partial charge in [0.25, 0.3) is 0 Å². The molecule has 1 atom stereocenters. The quantitative estimate of drug-likeness (QED) is 0.793. The molecule has 0 amide bonds. The average molecular weight is 269 g/mol. The van der Waals surface area contributed by atoms with E-state index in [2.05, 4.69) is 23.5 Å². The van der Waals surface area contributed by atoms with E-state index in [1.165, 1.54) is 10.4 Å². The van der Waals surface area contributed by atoms with Gasteiger partial charge in [-0.15, -0.1) is 11.3 Å². The minimum atomic E-state index is -0.108. The van der Waals surface area contributed by atoms with Gasteiger partial charge >= 0.3 is 0 Å². The number of thiophene rings is 1. The number of hydrogen-bond acceptors (Lipinski definition) is 3. The second-order valence-electron chi connectivity index (χ2n) is 4.46. The van der Waals surface area contributed by atoms with E-state index in [4.69, 9.17) is 5.73 Å². The molecule has 96 valence electrons. The Morgan fingerprint density at radius 1 is 1.21 bits per heavy atom. The normalized spacial score (nSPS) is 12.5. The zero-order valence-corrected chi connectivity index (χ0v) is 11.5. The fourth-order valence-corrected chi connectivity index (χ4v) is 2.87. The van der Waals surface area contributed by atoms with Crippen LogP contribution in [0.25, 0.3) is 5.69 Å². The Bertz CT molecular complexity index is 670. The van der Waals surface area contributed by atoms with Crippen LogP contribution in [0, 0.1) is 6.92 Å². The van der Waals surface area contributed by atoms with E-state index >= 15 is 0 Å². The molecular formula is C15H15N3S. The molecule has 0 aliphatic heterocycles. The highest BCUT2D eigenvalue weighted by Crippen LogP contribution is 2.26. The number of rotatable bonds is 3. The zero-order chi connectivity index (χ0) is 13.2. The molecule has 0 spiro atoms. The highest BCUT2D eigenvalue weighted by atomic mass is 32.1. The monoisotopic (exact) mass is 269 g/mol. The molecule has 0 aliphatic carbocycles. The number of hydrogen-bond donors (Lipinski definition) is 1. The number of benzene rings is 1. The van der Waals surface area contributed by atoms with Crippen LogP contribution in [0.5, 0.6) is 0 Å². The van der Waals surface area contributed by atoms with Crippen LogP contribution in [-0.2, 0) is 0 Å². The van der Waals surface area contributed by atoms with Gasteiger partial charge in [-0.3, -0.25) is 0 Å². The molecule has 4 heteroatoms. The van der Waals surface area contributed by atoms with Crippen molar-refractivity contribution in [3.05, 3.63) is 70.2 Å². The SMILES string of the molecule is Cc1sccc1C(N)c1cnn(-c2ccccc2)c1. The molecule has 2 aromatic heterocycles. The summed E-state index contributed by atoms with van der Waals surface area (Å²) < 4.78 is 1.86. The second kappa shape index (κ2) is 4.99. The summed E-state index contributed by atoms with van der Waals surface area (Å²) in [6, 6.07) is 12.0. The Balaban J connectivity index is 1.92. The van der Waals surface area contributed by atoms with E-state index in [9.17, 15) is 0 Å². The number of aromatic nitrogens is 2. The summed E-state index contributed by atoms with van der Waals surface area (Å²) in [7, 11) is 0. The lowest BCUT2D eigenvalue weighted by Crippen LogP contribution is -2.11. The number of para-hydroxylation sites is 1. The van der Waals surface area contributed by atoms with Gasteiger partial charge in [-0.05, 0) is 36.1 Å². The topological polar surface area (TPSA) is 43.8 Å². The molecule has 3 rings (SSSR count). The lowest BCUT2D eigenvalue weighted by atomic mass is 10.0. The largest absolute Gasteiger partial charge is 0.320 e. The molecule has 1 aromatic carbocycles. The molecule has 0 saturated heterocycles. The van der Waals surface area contributed by atoms with Gasteiger partial charge in [0.05, 0.1) is 17.9 Å². The molecule has 1 unspecified atom stereocenters. The Morgan fingerprint density at radius 3 is 2.68 bits per heavy atom. The summed E-state index contributed by atoms with van der Waals surface area (Å²) in [4.78, 5) is 1.26. The molecule has 2 N–H and O–H groups in total. The second-order valence-corrected chi connectivity index (χ2v) is 5.58. The summed E-state index contributed by atoms with van der Waals surface area (Å²) in [5.41, 5.74) is 9.56. The van der Waals surface area contributed by atoms with Gasteiger partial charge in [0, 0.05) is 16.6 Å². The molecule has 3 aromatic rings. The smallest absolute Gasteiger partial charge is 0.0645 e. The maximum Gasteiger partial charge on any atom is 0.0645 e. The standard InChI is InChI=1S/C15H15N3S/c1-11-14(7-8-19-11)15(16)12-9-17-18(10-12)13-5-3-2-4-6-13/h2-10,15H,16H2,1H3. The first-order chi connectivity index (χ1) is 9.25. The van der Waals surface area contributed by atoms with Crippen molar-refractivity contribution in [1.29, 1.82) is 0 Å². The minimum Gasteiger partial charge on any atom is -0.320 e. The fourth-order valence-electron chi connectivity index (χ4n) is 2.12. The van der Waals surface area contributed by atoms with Crippen molar-refractivity contribution in [1.82, 2.24) is 9.78 Å². The highest BCUT2D eigenvalue weighted by Gasteiger charge is 2.14. The summed E-state index contributed by atoms with van der Waals surface area (Å²) >= 11 is 1.72. The lowest BCUT2D eigenvalue weighted by molar-refractivity contribution is 0.860. The van der Waals surface area contributed by atoms with Crippen molar-refractivity contribution in [3.8, 4) is 5.69 Å². The van der Waals surface area contributed by atoms with Gasteiger partial charge in [0.2, 0.25) is 0 Å². The third-order valence-electron chi connectivity index (χ3n) is 3.22. The molecule has 0 aliphatic rings. The Kier molecular flexibility index (Phi) is 3.19. The predicted octanol–water partition coefficient (Wildman–Crippen LogP) is 3.29. The average Bonchev–Trinajstić information content (AvgIpc) is 3.08. The molecule has 0 radical (unpaired) electrons. The van der Waals surface area contributed by atoms with E-state index in [1.807, 2.05) is 47.4 Å². The number of nitrogens with zero attached hydrogens (tertiary/aromatic N) is 2. The summed E-state index contributed by atoms with van der Waals surface area (Å²) in [5, 5.41) is 6.46. The summed E-state index contributed by atoms with van der Waals surface area (Å²) in [5.74, 6) is 0. The van der Waals surface area contributed by atoms with Crippen molar-refractivity contribution in [2.45, 2.75) is 13.0 Å². The van der Waals surface area contributed by atoms with E-state index in [0.717, 1.165) is 11.3 Å². The first-order valence-electron chi connectivity index (χ1n) is 6.15. The van der Waals surface area contributed by atoms with Crippen LogP contribution in [0.15, 0.2) is 54.2 Å². The van der Waals surface area contributed by atoms with E-state index in [1.54, 1.807) is 11.3 Å². The van der Waals surface area contributed by atoms with Crippen molar-refractivity contribution in [3.63, 3.8) is 0 Å². The van der Waals surface area contributed by atoms with Crippen molar-refractivity contribution in [2.75, 3.05) is 0 Å². The molecule has 3 nitrogen and oxygen atoms in total. The maximum atomic E-state index is 6.31. The van der Waals surface area contributed by atoms with Gasteiger partial charge in [-0.2, -0.15) is 5.10 Å². The minimum absolute atomic E-state index is 0.108. The van der Waals surface area contributed by atoms with Gasteiger partial charge in [-0.25, -0.2) is 4.68 Å². The Hall–Kier alpha value is -1.91. The molecule has 0 fully saturated rings. The van der Waals surface area contributed by atoms with Crippen molar-refractivity contribution in [2.24, 2.45) is 5.73 Å². The Morgan fingerprint density at radius 2 is 2.00 bits per heavy atom.